The molecule has 0 heterocycles. The van der Waals surface area contributed by atoms with Crippen LogP contribution in [-0.2, 0) is 42.7 Å². The van der Waals surface area contributed by atoms with E-state index in [4.69, 9.17) is 24.0 Å². The number of carbonyl (C=O) groups is 6. The van der Waals surface area contributed by atoms with Crippen molar-refractivity contribution in [2.75, 3.05) is 0 Å². The molecule has 0 aromatic carbocycles. The topological polar surface area (TPSA) is 169 Å². The van der Waals surface area contributed by atoms with E-state index in [2.05, 4.69) is 49.3 Å². The molecule has 0 saturated carbocycles. The molecule has 2 N–H and O–H groups in total. The van der Waals surface area contributed by atoms with Gasteiger partial charge in [0, 0.05) is 62.9 Å². The van der Waals surface area contributed by atoms with Crippen LogP contribution in [0.4, 0.5) is 0 Å². The fraction of sp³-hybridized carbons (Fsp3) is 0.500. The largest absolute Gasteiger partial charge is 0.481 e. The molecule has 0 atom stereocenters. The van der Waals surface area contributed by atoms with Crippen molar-refractivity contribution in [1.82, 2.24) is 0 Å². The summed E-state index contributed by atoms with van der Waals surface area (Å²) in [4.78, 5) is 56.0. The molecule has 0 spiro atoms. The lowest BCUT2D eigenvalue weighted by atomic mass is 10.7. The Balaban J connectivity index is -0.0000000500. The number of carbonyl (C=O) groups excluding carboxylic acids is 4. The Morgan fingerprint density at radius 3 is 0.741 bits per heavy atom. The van der Waals surface area contributed by atoms with E-state index in [0.717, 1.165) is 13.8 Å². The lowest BCUT2D eigenvalue weighted by Gasteiger charge is -1.87. The maximum absolute atomic E-state index is 9.81. The van der Waals surface area contributed by atoms with Gasteiger partial charge < -0.3 is 14.9 Å². The second-order valence-corrected chi connectivity index (χ2v) is 6.84. The third-order valence-corrected chi connectivity index (χ3v) is 0.287. The Bertz CT molecular complexity index is 381. The number of carboxylic acids is 2. The van der Waals surface area contributed by atoms with E-state index in [-0.39, 0.29) is 10.5 Å². The van der Waals surface area contributed by atoms with Crippen LogP contribution in [0, 0.1) is 0 Å². The Morgan fingerprint density at radius 2 is 0.741 bits per heavy atom. The minimum Gasteiger partial charge on any atom is -0.481 e. The Labute approximate surface area is 177 Å². The number of rotatable bonds is 0. The van der Waals surface area contributed by atoms with E-state index in [1.165, 1.54) is 27.7 Å². The van der Waals surface area contributed by atoms with Gasteiger partial charge in [-0.3, -0.25) is 28.8 Å². The first-order valence-electron chi connectivity index (χ1n) is 5.93. The molecule has 0 rings (SSSR count). The van der Waals surface area contributed by atoms with Crippen LogP contribution in [0.1, 0.15) is 41.5 Å². The highest BCUT2D eigenvalue weighted by atomic mass is 36.0. The highest BCUT2D eigenvalue weighted by Gasteiger charge is 1.93. The predicted octanol–water partition coefficient (Wildman–Crippen LogP) is 2.86. The molecule has 0 aliphatic rings. The van der Waals surface area contributed by atoms with Crippen molar-refractivity contribution in [2.45, 2.75) is 41.5 Å². The second-order valence-electron chi connectivity index (χ2n) is 3.25. The number of esters is 2. The minimum atomic E-state index is -1.67. The van der Waals surface area contributed by atoms with Crippen LogP contribution < -0.4 is 0 Å². The molecule has 162 valence electrons. The summed E-state index contributed by atoms with van der Waals surface area (Å²) in [6, 6.07) is 0. The van der Waals surface area contributed by atoms with Crippen LogP contribution in [0.3, 0.4) is 0 Å². The van der Waals surface area contributed by atoms with Gasteiger partial charge in [0.1, 0.15) is 0 Å². The average Bonchev–Trinajstić information content (AvgIpc) is 2.21. The monoisotopic (exact) mass is 496 g/mol. The summed E-state index contributed by atoms with van der Waals surface area (Å²) in [5.74, 6) is -2.79. The van der Waals surface area contributed by atoms with Gasteiger partial charge in [-0.1, -0.05) is 0 Å². The fourth-order valence-corrected chi connectivity index (χ4v) is 0.202. The summed E-state index contributed by atoms with van der Waals surface area (Å²) >= 11 is 9.27. The van der Waals surface area contributed by atoms with E-state index in [1.54, 1.807) is 0 Å². The smallest absolute Gasteiger partial charge is 0.310 e. The molecule has 0 aromatic rings. The number of halogens is 4. The Hall–Kier alpha value is -1.27. The summed E-state index contributed by atoms with van der Waals surface area (Å²) in [5.41, 5.74) is 0. The molecule has 10 nitrogen and oxygen atoms in total. The molecule has 0 amide bonds. The first kappa shape index (κ1) is 40.4. The zero-order valence-corrected chi connectivity index (χ0v) is 18.9. The van der Waals surface area contributed by atoms with Gasteiger partial charge in [-0.15, -0.1) is 0 Å². The normalized spacial score (nSPS) is 7.07. The minimum absolute atomic E-state index is 0.361. The molecular weight excluding hydrogens is 478 g/mol. The summed E-state index contributed by atoms with van der Waals surface area (Å²) in [6.07, 6.45) is 0. The van der Waals surface area contributed by atoms with E-state index in [1.807, 2.05) is 0 Å². The van der Waals surface area contributed by atoms with E-state index in [0.29, 0.717) is 0 Å². The van der Waals surface area contributed by atoms with Crippen molar-refractivity contribution in [2.24, 2.45) is 0 Å². The molecule has 0 fully saturated rings. The number of ether oxygens (including phenoxy) is 1. The van der Waals surface area contributed by atoms with Gasteiger partial charge in [0.05, 0.1) is 0 Å². The van der Waals surface area contributed by atoms with Crippen molar-refractivity contribution >= 4 is 88.2 Å². The van der Waals surface area contributed by atoms with Crippen molar-refractivity contribution in [3.63, 3.8) is 0 Å². The van der Waals surface area contributed by atoms with Crippen molar-refractivity contribution in [3.05, 3.63) is 0 Å². The molecule has 15 heteroatoms. The van der Waals surface area contributed by atoms with Gasteiger partial charge in [-0.05, 0) is 23.2 Å². The molecule has 27 heavy (non-hydrogen) atoms. The maximum atomic E-state index is 9.81. The number of carboxylic acid groups (broad SMARTS) is 2. The lowest BCUT2D eigenvalue weighted by molar-refractivity contribution is -0.156. The number of hydrogen-bond acceptors (Lipinski definition) is 8. The SMILES string of the molecule is CC(=O)Cl.CC(=O)Cl.CC(=O)O.CC(=O)O.CC(=O)OC(C)=O.O=S(Cl)Cl. The van der Waals surface area contributed by atoms with Crippen LogP contribution in [0.5, 0.6) is 0 Å². The third-order valence-electron chi connectivity index (χ3n) is 0.287. The number of hydrogen-bond donors (Lipinski definition) is 2. The Morgan fingerprint density at radius 1 is 0.667 bits per heavy atom. The molecule has 0 saturated heterocycles. The standard InChI is InChI=1S/C4H6O3.2C2H3ClO.2C2H4O2.Cl2OS/c1-3(5)7-4(2)6;4*1-2(3)4;1-4(2)3/h1-2H3;2*1H3;2*1H3,(H,3,4);. The number of aliphatic carboxylic acids is 2. The van der Waals surface area contributed by atoms with Gasteiger partial charge in [0.2, 0.25) is 19.7 Å². The van der Waals surface area contributed by atoms with Crippen LogP contribution >= 0.6 is 44.6 Å². The van der Waals surface area contributed by atoms with Gasteiger partial charge in [0.25, 0.3) is 11.9 Å². The van der Waals surface area contributed by atoms with E-state index < -0.39 is 33.1 Å². The maximum Gasteiger partial charge on any atom is 0.310 e. The molecule has 0 aliphatic carbocycles. The highest BCUT2D eigenvalue weighted by molar-refractivity contribution is 8.26. The molecule has 0 aliphatic heterocycles. The van der Waals surface area contributed by atoms with E-state index in [9.17, 15) is 19.2 Å². The summed E-state index contributed by atoms with van der Waals surface area (Å²) in [7, 11) is 7.36. The molecular formula is C12H20Cl4O10S. The molecule has 0 bridgehead atoms. The summed E-state index contributed by atoms with van der Waals surface area (Å²) in [6.45, 7) is 7.12. The lowest BCUT2D eigenvalue weighted by Crippen LogP contribution is -2.03. The summed E-state index contributed by atoms with van der Waals surface area (Å²) < 4.78 is 13.1. The summed E-state index contributed by atoms with van der Waals surface area (Å²) in [5, 5.41) is 14.1. The van der Waals surface area contributed by atoms with E-state index >= 15 is 0 Å². The van der Waals surface area contributed by atoms with Crippen LogP contribution in [0.15, 0.2) is 0 Å². The average molecular weight is 498 g/mol. The molecule has 0 unspecified atom stereocenters. The van der Waals surface area contributed by atoms with Gasteiger partial charge in [-0.2, -0.15) is 0 Å². The fourth-order valence-electron chi connectivity index (χ4n) is 0.202. The second kappa shape index (κ2) is 32.4. The Kier molecular flexibility index (Phi) is 48.5. The highest BCUT2D eigenvalue weighted by Crippen LogP contribution is 1.89. The van der Waals surface area contributed by atoms with Crippen molar-refractivity contribution < 1.29 is 47.9 Å². The van der Waals surface area contributed by atoms with Gasteiger partial charge >= 0.3 is 11.9 Å². The third kappa shape index (κ3) is 1710. The zero-order valence-electron chi connectivity index (χ0n) is 15.1. The van der Waals surface area contributed by atoms with Crippen LogP contribution in [-0.4, -0.2) is 48.8 Å². The quantitative estimate of drug-likeness (QED) is 0.288. The van der Waals surface area contributed by atoms with Crippen LogP contribution in [0.2, 0.25) is 0 Å². The molecule has 0 radical (unpaired) electrons. The van der Waals surface area contributed by atoms with Gasteiger partial charge in [0.15, 0.2) is 0 Å². The predicted molar refractivity (Wildman–Crippen MR) is 102 cm³/mol. The first-order valence-corrected chi connectivity index (χ1v) is 9.49. The van der Waals surface area contributed by atoms with Crippen LogP contribution in [0.25, 0.3) is 0 Å². The zero-order chi connectivity index (χ0) is 23.7. The molecule has 0 aromatic heterocycles. The van der Waals surface area contributed by atoms with Crippen molar-refractivity contribution in [1.29, 1.82) is 0 Å². The van der Waals surface area contributed by atoms with Gasteiger partial charge in [-0.25, -0.2) is 4.21 Å². The van der Waals surface area contributed by atoms with Crippen molar-refractivity contribution in [3.8, 4) is 0 Å². The first-order chi connectivity index (χ1) is 11.8.